The van der Waals surface area contributed by atoms with Crippen molar-refractivity contribution in [2.45, 2.75) is 44.9 Å². The van der Waals surface area contributed by atoms with Gasteiger partial charge in [0.2, 0.25) is 5.91 Å². The molecule has 2 aliphatic heterocycles. The van der Waals surface area contributed by atoms with Gasteiger partial charge >= 0.3 is 0 Å². The molecule has 3 aromatic rings. The lowest BCUT2D eigenvalue weighted by Gasteiger charge is -2.38. The molecule has 200 valence electrons. The number of hydrogen-bond donors (Lipinski definition) is 1. The van der Waals surface area contributed by atoms with E-state index in [0.29, 0.717) is 39.5 Å². The van der Waals surface area contributed by atoms with E-state index in [1.165, 1.54) is 10.7 Å². The molecule has 3 atom stereocenters. The number of nitrogens with zero attached hydrogens (tertiary/aromatic N) is 5. The van der Waals surface area contributed by atoms with Crippen LogP contribution in [0.3, 0.4) is 0 Å². The zero-order valence-electron chi connectivity index (χ0n) is 21.6. The summed E-state index contributed by atoms with van der Waals surface area (Å²) in [6.07, 6.45) is 0.432. The van der Waals surface area contributed by atoms with Gasteiger partial charge in [-0.05, 0) is 49.7 Å². The van der Waals surface area contributed by atoms with Crippen molar-refractivity contribution in [3.8, 4) is 6.07 Å². The van der Waals surface area contributed by atoms with Crippen LogP contribution in [-0.4, -0.2) is 56.9 Å². The SMILES string of the molecule is CNC(=O)[C@@H]1CN(C(C)c2ccc(C#N)cc2)C(=O)c2c3c(nn21)C[C@@H](C)N(C(=O)c1ccc(Cl)c(Cl)c1)C3. The monoisotopic (exact) mass is 564 g/mol. The molecule has 0 spiro atoms. The summed E-state index contributed by atoms with van der Waals surface area (Å²) < 4.78 is 1.52. The van der Waals surface area contributed by atoms with Crippen LogP contribution in [0, 0.1) is 11.3 Å². The molecule has 1 unspecified atom stereocenters. The van der Waals surface area contributed by atoms with Crippen LogP contribution in [0.15, 0.2) is 42.5 Å². The minimum atomic E-state index is -0.733. The lowest BCUT2D eigenvalue weighted by Crippen LogP contribution is -2.49. The van der Waals surface area contributed by atoms with Crippen molar-refractivity contribution in [1.29, 1.82) is 5.26 Å². The van der Waals surface area contributed by atoms with E-state index in [4.69, 9.17) is 33.6 Å². The number of carbonyl (C=O) groups excluding carboxylic acids is 3. The fraction of sp³-hybridized carbons (Fsp3) is 0.321. The third-order valence-corrected chi connectivity index (χ3v) is 8.27. The third kappa shape index (κ3) is 4.64. The first-order chi connectivity index (χ1) is 18.6. The summed E-state index contributed by atoms with van der Waals surface area (Å²) in [6, 6.07) is 12.6. The highest BCUT2D eigenvalue weighted by molar-refractivity contribution is 6.42. The van der Waals surface area contributed by atoms with Gasteiger partial charge in [0, 0.05) is 30.6 Å². The van der Waals surface area contributed by atoms with Gasteiger partial charge < -0.3 is 15.1 Å². The maximum Gasteiger partial charge on any atom is 0.273 e. The first-order valence-corrected chi connectivity index (χ1v) is 13.3. The van der Waals surface area contributed by atoms with Gasteiger partial charge in [-0.25, -0.2) is 4.68 Å². The second-order valence-corrected chi connectivity index (χ2v) is 10.6. The van der Waals surface area contributed by atoms with Crippen molar-refractivity contribution in [3.05, 3.63) is 86.2 Å². The maximum absolute atomic E-state index is 14.0. The number of nitrogens with one attached hydrogen (secondary N) is 1. The van der Waals surface area contributed by atoms with E-state index >= 15 is 0 Å². The van der Waals surface area contributed by atoms with Gasteiger partial charge in [-0.3, -0.25) is 14.4 Å². The summed E-state index contributed by atoms with van der Waals surface area (Å²) in [5, 5.41) is 17.2. The Bertz CT molecular complexity index is 1530. The predicted molar refractivity (Wildman–Crippen MR) is 145 cm³/mol. The Balaban J connectivity index is 1.53. The number of benzene rings is 2. The standard InChI is InChI=1S/C28H26Cl2N6O3/c1-15-10-23-20(13-34(15)27(38)19-8-9-21(29)22(30)11-19)25-28(39)35(14-24(26(37)32-3)36(25)33-23)16(2)18-6-4-17(12-31)5-7-18/h4-9,11,15-16,24H,10,13-14H2,1-3H3,(H,32,37)/t15-,16?,24+/m1/s1. The second-order valence-electron chi connectivity index (χ2n) is 9.83. The van der Waals surface area contributed by atoms with Crippen LogP contribution in [0.4, 0.5) is 0 Å². The van der Waals surface area contributed by atoms with Gasteiger partial charge in [0.25, 0.3) is 11.8 Å². The maximum atomic E-state index is 14.0. The molecule has 2 aliphatic rings. The fourth-order valence-electron chi connectivity index (χ4n) is 5.27. The molecule has 0 fully saturated rings. The molecule has 1 aromatic heterocycles. The number of halogens is 2. The lowest BCUT2D eigenvalue weighted by molar-refractivity contribution is -0.125. The van der Waals surface area contributed by atoms with Crippen molar-refractivity contribution in [2.75, 3.05) is 13.6 Å². The third-order valence-electron chi connectivity index (χ3n) is 7.54. The highest BCUT2D eigenvalue weighted by atomic mass is 35.5. The van der Waals surface area contributed by atoms with Gasteiger partial charge in [-0.1, -0.05) is 35.3 Å². The summed E-state index contributed by atoms with van der Waals surface area (Å²) in [6.45, 7) is 4.11. The smallest absolute Gasteiger partial charge is 0.273 e. The Labute approximate surface area is 235 Å². The van der Waals surface area contributed by atoms with Crippen molar-refractivity contribution >= 4 is 40.9 Å². The summed E-state index contributed by atoms with van der Waals surface area (Å²) >= 11 is 12.2. The van der Waals surface area contributed by atoms with Gasteiger partial charge in [-0.15, -0.1) is 0 Å². The van der Waals surface area contributed by atoms with Crippen LogP contribution >= 0.6 is 23.2 Å². The summed E-state index contributed by atoms with van der Waals surface area (Å²) in [7, 11) is 1.55. The number of amides is 3. The zero-order valence-corrected chi connectivity index (χ0v) is 23.1. The van der Waals surface area contributed by atoms with Crippen LogP contribution in [0.1, 0.15) is 69.2 Å². The van der Waals surface area contributed by atoms with Gasteiger partial charge in [0.05, 0.1) is 46.5 Å². The molecular formula is C28H26Cl2N6O3. The number of nitriles is 1. The molecule has 3 heterocycles. The molecule has 9 nitrogen and oxygen atoms in total. The Morgan fingerprint density at radius 2 is 1.87 bits per heavy atom. The van der Waals surface area contributed by atoms with Crippen molar-refractivity contribution in [1.82, 2.24) is 24.9 Å². The quantitative estimate of drug-likeness (QED) is 0.511. The van der Waals surface area contributed by atoms with Crippen LogP contribution in [0.25, 0.3) is 0 Å². The van der Waals surface area contributed by atoms with E-state index in [-0.39, 0.29) is 47.9 Å². The summed E-state index contributed by atoms with van der Waals surface area (Å²) in [5.74, 6) is -0.768. The Kier molecular flexibility index (Phi) is 7.10. The molecule has 39 heavy (non-hydrogen) atoms. The summed E-state index contributed by atoms with van der Waals surface area (Å²) in [4.78, 5) is 43.8. The largest absolute Gasteiger partial charge is 0.357 e. The normalized spacial score (nSPS) is 19.1. The van der Waals surface area contributed by atoms with Crippen molar-refractivity contribution in [2.24, 2.45) is 0 Å². The molecule has 1 N–H and O–H groups in total. The lowest BCUT2D eigenvalue weighted by atomic mass is 9.96. The van der Waals surface area contributed by atoms with E-state index < -0.39 is 6.04 Å². The molecule has 5 rings (SSSR count). The van der Waals surface area contributed by atoms with E-state index in [1.54, 1.807) is 41.1 Å². The number of carbonyl (C=O) groups is 3. The molecule has 0 saturated carbocycles. The van der Waals surface area contributed by atoms with E-state index in [0.717, 1.165) is 5.56 Å². The molecule has 0 saturated heterocycles. The number of aromatic nitrogens is 2. The topological polar surface area (TPSA) is 111 Å². The van der Waals surface area contributed by atoms with Crippen LogP contribution in [-0.2, 0) is 17.8 Å². The molecule has 0 bridgehead atoms. The number of fused-ring (bicyclic) bond motifs is 3. The first kappa shape index (κ1) is 26.7. The highest BCUT2D eigenvalue weighted by Crippen LogP contribution is 2.36. The van der Waals surface area contributed by atoms with E-state index in [1.807, 2.05) is 26.0 Å². The average molecular weight is 565 g/mol. The van der Waals surface area contributed by atoms with Crippen molar-refractivity contribution < 1.29 is 14.4 Å². The Morgan fingerprint density at radius 3 is 2.51 bits per heavy atom. The number of likely N-dealkylation sites (N-methyl/N-ethyl adjacent to an activating group) is 1. The first-order valence-electron chi connectivity index (χ1n) is 12.5. The minimum absolute atomic E-state index is 0.134. The second kappa shape index (κ2) is 10.4. The van der Waals surface area contributed by atoms with Crippen LogP contribution < -0.4 is 5.32 Å². The Morgan fingerprint density at radius 1 is 1.15 bits per heavy atom. The number of hydrogen-bond acceptors (Lipinski definition) is 5. The molecule has 3 amide bonds. The predicted octanol–water partition coefficient (Wildman–Crippen LogP) is 4.15. The van der Waals surface area contributed by atoms with Gasteiger partial charge in [0.1, 0.15) is 11.7 Å². The molecular weight excluding hydrogens is 539 g/mol. The van der Waals surface area contributed by atoms with E-state index in [9.17, 15) is 14.4 Å². The van der Waals surface area contributed by atoms with Gasteiger partial charge in [0.15, 0.2) is 0 Å². The Hall–Kier alpha value is -3.87. The van der Waals surface area contributed by atoms with Crippen LogP contribution in [0.2, 0.25) is 10.0 Å². The molecule has 0 aliphatic carbocycles. The average Bonchev–Trinajstić information content (AvgIpc) is 3.31. The van der Waals surface area contributed by atoms with E-state index in [2.05, 4.69) is 11.4 Å². The van der Waals surface area contributed by atoms with Crippen molar-refractivity contribution in [3.63, 3.8) is 0 Å². The molecule has 0 radical (unpaired) electrons. The number of rotatable bonds is 4. The van der Waals surface area contributed by atoms with Gasteiger partial charge in [-0.2, -0.15) is 10.4 Å². The molecule has 11 heteroatoms. The summed E-state index contributed by atoms with van der Waals surface area (Å²) in [5.41, 5.74) is 3.40. The fourth-order valence-corrected chi connectivity index (χ4v) is 5.57. The molecule has 2 aromatic carbocycles. The zero-order chi connectivity index (χ0) is 28.0. The minimum Gasteiger partial charge on any atom is -0.357 e. The van der Waals surface area contributed by atoms with Crippen LogP contribution in [0.5, 0.6) is 0 Å². The highest BCUT2D eigenvalue weighted by Gasteiger charge is 2.43.